The SMILES string of the molecule is CC[C@H](C)c1nc2ccc(Br)cc2c(=O)n1N=Cc1ccc(OCc2ccc(F)cc2)c(Cl)c1. The van der Waals surface area contributed by atoms with Gasteiger partial charge in [-0.3, -0.25) is 4.79 Å². The highest BCUT2D eigenvalue weighted by atomic mass is 79.9. The van der Waals surface area contributed by atoms with Gasteiger partial charge in [-0.15, -0.1) is 0 Å². The van der Waals surface area contributed by atoms with Crippen molar-refractivity contribution in [2.75, 3.05) is 0 Å². The van der Waals surface area contributed by atoms with Gasteiger partial charge in [0.1, 0.15) is 24.0 Å². The van der Waals surface area contributed by atoms with Gasteiger partial charge >= 0.3 is 0 Å². The summed E-state index contributed by atoms with van der Waals surface area (Å²) in [7, 11) is 0. The Morgan fingerprint density at radius 2 is 1.94 bits per heavy atom. The van der Waals surface area contributed by atoms with Gasteiger partial charge in [0.05, 0.1) is 22.1 Å². The molecular formula is C26H22BrClFN3O2. The summed E-state index contributed by atoms with van der Waals surface area (Å²) in [6, 6.07) is 16.8. The fraction of sp³-hybridized carbons (Fsp3) is 0.192. The molecule has 5 nitrogen and oxygen atoms in total. The summed E-state index contributed by atoms with van der Waals surface area (Å²) in [5.74, 6) is 0.848. The maximum Gasteiger partial charge on any atom is 0.282 e. The number of halogens is 3. The summed E-state index contributed by atoms with van der Waals surface area (Å²) < 4.78 is 21.0. The van der Waals surface area contributed by atoms with E-state index in [9.17, 15) is 9.18 Å². The largest absolute Gasteiger partial charge is 0.487 e. The molecule has 0 spiro atoms. The number of hydrogen-bond acceptors (Lipinski definition) is 4. The molecule has 0 saturated heterocycles. The lowest BCUT2D eigenvalue weighted by atomic mass is 10.1. The molecule has 0 aliphatic carbocycles. The summed E-state index contributed by atoms with van der Waals surface area (Å²) >= 11 is 9.82. The molecule has 0 aliphatic rings. The Hall–Kier alpha value is -3.03. The van der Waals surface area contributed by atoms with Crippen LogP contribution in [-0.2, 0) is 6.61 Å². The first-order valence-electron chi connectivity index (χ1n) is 10.8. The molecule has 0 amide bonds. The Kier molecular flexibility index (Phi) is 7.44. The molecule has 0 unspecified atom stereocenters. The predicted octanol–water partition coefficient (Wildman–Crippen LogP) is 6.93. The van der Waals surface area contributed by atoms with Crippen LogP contribution in [0, 0.1) is 5.82 Å². The van der Waals surface area contributed by atoms with Crippen LogP contribution in [0.2, 0.25) is 5.02 Å². The van der Waals surface area contributed by atoms with Crippen LogP contribution >= 0.6 is 27.5 Å². The maximum atomic E-state index is 13.2. The zero-order valence-electron chi connectivity index (χ0n) is 18.6. The van der Waals surface area contributed by atoms with Crippen LogP contribution in [0.5, 0.6) is 5.75 Å². The summed E-state index contributed by atoms with van der Waals surface area (Å²) in [5.41, 5.74) is 1.94. The van der Waals surface area contributed by atoms with E-state index >= 15 is 0 Å². The topological polar surface area (TPSA) is 56.5 Å². The quantitative estimate of drug-likeness (QED) is 0.238. The molecule has 0 bridgehead atoms. The van der Waals surface area contributed by atoms with E-state index in [0.717, 1.165) is 16.5 Å². The maximum absolute atomic E-state index is 13.2. The Bertz CT molecular complexity index is 1420. The van der Waals surface area contributed by atoms with E-state index in [1.54, 1.807) is 42.6 Å². The molecule has 0 radical (unpaired) electrons. The Morgan fingerprint density at radius 3 is 2.65 bits per heavy atom. The Labute approximate surface area is 210 Å². The van der Waals surface area contributed by atoms with E-state index in [-0.39, 0.29) is 23.9 Å². The average molecular weight is 543 g/mol. The van der Waals surface area contributed by atoms with Gasteiger partial charge in [0.25, 0.3) is 5.56 Å². The first-order chi connectivity index (χ1) is 16.4. The van der Waals surface area contributed by atoms with Crippen LogP contribution < -0.4 is 10.3 Å². The number of ether oxygens (including phenoxy) is 1. The molecule has 0 aliphatic heterocycles. The summed E-state index contributed by atoms with van der Waals surface area (Å²) in [5, 5.41) is 5.35. The molecule has 0 saturated carbocycles. The Morgan fingerprint density at radius 1 is 1.18 bits per heavy atom. The second-order valence-corrected chi connectivity index (χ2v) is 9.23. The minimum absolute atomic E-state index is 0.0451. The van der Waals surface area contributed by atoms with Crippen molar-refractivity contribution >= 4 is 44.6 Å². The van der Waals surface area contributed by atoms with Crippen molar-refractivity contribution in [2.45, 2.75) is 32.8 Å². The minimum atomic E-state index is -0.296. The lowest BCUT2D eigenvalue weighted by Gasteiger charge is -2.14. The number of fused-ring (bicyclic) bond motifs is 1. The lowest BCUT2D eigenvalue weighted by Crippen LogP contribution is -2.23. The van der Waals surface area contributed by atoms with E-state index in [4.69, 9.17) is 21.3 Å². The van der Waals surface area contributed by atoms with Gasteiger partial charge in [0, 0.05) is 10.4 Å². The van der Waals surface area contributed by atoms with Gasteiger partial charge < -0.3 is 4.74 Å². The van der Waals surface area contributed by atoms with Gasteiger partial charge in [-0.1, -0.05) is 53.5 Å². The standard InChI is InChI=1S/C26H22BrClFN3O2/c1-3-16(2)25-31-23-10-7-19(27)13-21(23)26(33)32(25)30-14-18-6-11-24(22(28)12-18)34-15-17-4-8-20(29)9-5-17/h4-14,16H,3,15H2,1-2H3/t16-/m0/s1. The molecule has 1 atom stereocenters. The monoisotopic (exact) mass is 541 g/mol. The van der Waals surface area contributed by atoms with E-state index < -0.39 is 0 Å². The van der Waals surface area contributed by atoms with E-state index in [2.05, 4.69) is 21.0 Å². The average Bonchev–Trinajstić information content (AvgIpc) is 2.83. The minimum Gasteiger partial charge on any atom is -0.487 e. The first-order valence-corrected chi connectivity index (χ1v) is 12.0. The second-order valence-electron chi connectivity index (χ2n) is 7.91. The third-order valence-corrected chi connectivity index (χ3v) is 6.26. The van der Waals surface area contributed by atoms with Crippen LogP contribution in [0.4, 0.5) is 4.39 Å². The molecule has 34 heavy (non-hydrogen) atoms. The fourth-order valence-corrected chi connectivity index (χ4v) is 3.96. The molecule has 4 rings (SSSR count). The highest BCUT2D eigenvalue weighted by Crippen LogP contribution is 2.26. The molecule has 3 aromatic carbocycles. The zero-order valence-corrected chi connectivity index (χ0v) is 21.0. The summed E-state index contributed by atoms with van der Waals surface area (Å²) in [6.07, 6.45) is 2.39. The van der Waals surface area contributed by atoms with Crippen molar-refractivity contribution in [3.63, 3.8) is 0 Å². The van der Waals surface area contributed by atoms with Crippen LogP contribution in [-0.4, -0.2) is 15.9 Å². The smallest absolute Gasteiger partial charge is 0.282 e. The third kappa shape index (κ3) is 5.37. The second kappa shape index (κ2) is 10.5. The molecular weight excluding hydrogens is 521 g/mol. The number of aromatic nitrogens is 2. The van der Waals surface area contributed by atoms with E-state index in [1.165, 1.54) is 16.8 Å². The van der Waals surface area contributed by atoms with Crippen LogP contribution in [0.1, 0.15) is 43.1 Å². The lowest BCUT2D eigenvalue weighted by molar-refractivity contribution is 0.306. The van der Waals surface area contributed by atoms with Gasteiger partial charge in [-0.2, -0.15) is 9.78 Å². The third-order valence-electron chi connectivity index (χ3n) is 5.47. The van der Waals surface area contributed by atoms with E-state index in [1.807, 2.05) is 26.0 Å². The van der Waals surface area contributed by atoms with Crippen molar-refractivity contribution in [3.8, 4) is 5.75 Å². The fourth-order valence-electron chi connectivity index (χ4n) is 3.36. The molecule has 0 fully saturated rings. The molecule has 1 aromatic heterocycles. The van der Waals surface area contributed by atoms with Crippen LogP contribution in [0.3, 0.4) is 0 Å². The molecule has 4 aromatic rings. The van der Waals surface area contributed by atoms with Crippen molar-refractivity contribution in [1.82, 2.24) is 9.66 Å². The molecule has 1 heterocycles. The molecule has 174 valence electrons. The number of nitrogens with zero attached hydrogens (tertiary/aromatic N) is 3. The highest BCUT2D eigenvalue weighted by Gasteiger charge is 2.15. The molecule has 0 N–H and O–H groups in total. The molecule has 8 heteroatoms. The Balaban J connectivity index is 1.62. The van der Waals surface area contributed by atoms with Gasteiger partial charge in [-0.05, 0) is 66.1 Å². The van der Waals surface area contributed by atoms with Crippen LogP contribution in [0.25, 0.3) is 10.9 Å². The highest BCUT2D eigenvalue weighted by molar-refractivity contribution is 9.10. The van der Waals surface area contributed by atoms with Crippen molar-refractivity contribution < 1.29 is 9.13 Å². The normalized spacial score (nSPS) is 12.4. The van der Waals surface area contributed by atoms with Crippen LogP contribution in [0.15, 0.2) is 75.0 Å². The van der Waals surface area contributed by atoms with Gasteiger partial charge in [0.2, 0.25) is 0 Å². The number of rotatable bonds is 7. The number of hydrogen-bond donors (Lipinski definition) is 0. The first kappa shape index (κ1) is 24.1. The van der Waals surface area contributed by atoms with E-state index in [0.29, 0.717) is 33.1 Å². The predicted molar refractivity (Wildman–Crippen MR) is 138 cm³/mol. The number of benzene rings is 3. The van der Waals surface area contributed by atoms with Crippen molar-refractivity contribution in [3.05, 3.63) is 103 Å². The van der Waals surface area contributed by atoms with Gasteiger partial charge in [-0.25, -0.2) is 9.37 Å². The van der Waals surface area contributed by atoms with Gasteiger partial charge in [0.15, 0.2) is 0 Å². The van der Waals surface area contributed by atoms with Crippen molar-refractivity contribution in [2.24, 2.45) is 5.10 Å². The zero-order chi connectivity index (χ0) is 24.2. The van der Waals surface area contributed by atoms with Crippen molar-refractivity contribution in [1.29, 1.82) is 0 Å². The summed E-state index contributed by atoms with van der Waals surface area (Å²) in [6.45, 7) is 4.32. The summed E-state index contributed by atoms with van der Waals surface area (Å²) in [4.78, 5) is 17.9.